The normalized spacial score (nSPS) is 10.8. The van der Waals surface area contributed by atoms with Gasteiger partial charge >= 0.3 is 0 Å². The number of aromatic nitrogens is 3. The highest BCUT2D eigenvalue weighted by molar-refractivity contribution is 9.11. The first-order valence-electron chi connectivity index (χ1n) is 5.78. The van der Waals surface area contributed by atoms with E-state index in [1.165, 1.54) is 0 Å². The van der Waals surface area contributed by atoms with Crippen LogP contribution < -0.4 is 5.32 Å². The molecule has 1 heterocycles. The Morgan fingerprint density at radius 2 is 2.00 bits per heavy atom. The van der Waals surface area contributed by atoms with Crippen molar-refractivity contribution in [1.82, 2.24) is 20.3 Å². The molecule has 1 N–H and O–H groups in total. The van der Waals surface area contributed by atoms with Gasteiger partial charge in [0.25, 0.3) is 0 Å². The Hall–Kier alpha value is -0.720. The standard InChI is InChI=1S/C12H14Br2N4/c1-2-6-15-7-9-8-16-17-18(9)12-10(13)4-3-5-11(12)14/h3-5,8,15H,2,6-7H2,1H3. The number of hydrogen-bond acceptors (Lipinski definition) is 3. The van der Waals surface area contributed by atoms with Crippen LogP contribution in [-0.2, 0) is 6.54 Å². The van der Waals surface area contributed by atoms with Gasteiger partial charge in [0.05, 0.1) is 17.6 Å². The number of hydrogen-bond donors (Lipinski definition) is 1. The molecule has 2 rings (SSSR count). The number of nitrogens with zero attached hydrogens (tertiary/aromatic N) is 3. The molecule has 0 saturated heterocycles. The van der Waals surface area contributed by atoms with Crippen molar-refractivity contribution in [2.45, 2.75) is 19.9 Å². The average Bonchev–Trinajstić information content (AvgIpc) is 2.78. The predicted molar refractivity (Wildman–Crippen MR) is 78.8 cm³/mol. The Balaban J connectivity index is 2.31. The smallest absolute Gasteiger partial charge is 0.0951 e. The summed E-state index contributed by atoms with van der Waals surface area (Å²) in [6, 6.07) is 5.96. The highest BCUT2D eigenvalue weighted by Crippen LogP contribution is 2.29. The predicted octanol–water partition coefficient (Wildman–Crippen LogP) is 3.29. The van der Waals surface area contributed by atoms with E-state index in [4.69, 9.17) is 0 Å². The van der Waals surface area contributed by atoms with Crippen molar-refractivity contribution in [3.05, 3.63) is 39.0 Å². The zero-order chi connectivity index (χ0) is 13.0. The Morgan fingerprint density at radius 1 is 1.28 bits per heavy atom. The number of para-hydroxylation sites is 1. The number of benzene rings is 1. The molecule has 96 valence electrons. The molecule has 0 spiro atoms. The van der Waals surface area contributed by atoms with Crippen LogP contribution in [-0.4, -0.2) is 21.5 Å². The molecule has 0 radical (unpaired) electrons. The maximum Gasteiger partial charge on any atom is 0.0951 e. The summed E-state index contributed by atoms with van der Waals surface area (Å²) in [7, 11) is 0. The van der Waals surface area contributed by atoms with Gasteiger partial charge in [-0.05, 0) is 57.0 Å². The summed E-state index contributed by atoms with van der Waals surface area (Å²) in [5.41, 5.74) is 2.01. The van der Waals surface area contributed by atoms with Crippen LogP contribution in [0.3, 0.4) is 0 Å². The third-order valence-electron chi connectivity index (χ3n) is 2.50. The van der Waals surface area contributed by atoms with E-state index in [-0.39, 0.29) is 0 Å². The maximum atomic E-state index is 4.15. The molecule has 0 fully saturated rings. The second-order valence-electron chi connectivity index (χ2n) is 3.88. The van der Waals surface area contributed by atoms with Crippen molar-refractivity contribution in [3.63, 3.8) is 0 Å². The van der Waals surface area contributed by atoms with Gasteiger partial charge in [0.2, 0.25) is 0 Å². The van der Waals surface area contributed by atoms with Gasteiger partial charge in [0, 0.05) is 15.5 Å². The van der Waals surface area contributed by atoms with Crippen LogP contribution in [0.5, 0.6) is 0 Å². The lowest BCUT2D eigenvalue weighted by Gasteiger charge is -2.10. The fourth-order valence-corrected chi connectivity index (χ4v) is 2.98. The molecule has 4 nitrogen and oxygen atoms in total. The minimum atomic E-state index is 0.759. The summed E-state index contributed by atoms with van der Waals surface area (Å²) >= 11 is 7.09. The highest BCUT2D eigenvalue weighted by atomic mass is 79.9. The van der Waals surface area contributed by atoms with Gasteiger partial charge in [-0.15, -0.1) is 5.10 Å². The van der Waals surface area contributed by atoms with Crippen molar-refractivity contribution in [2.75, 3.05) is 6.54 Å². The first kappa shape index (κ1) is 13.7. The lowest BCUT2D eigenvalue weighted by Crippen LogP contribution is -2.17. The molecule has 2 aromatic rings. The fourth-order valence-electron chi connectivity index (χ4n) is 1.65. The molecule has 0 atom stereocenters. The quantitative estimate of drug-likeness (QED) is 0.817. The van der Waals surface area contributed by atoms with Crippen molar-refractivity contribution in [3.8, 4) is 5.69 Å². The number of nitrogens with one attached hydrogen (secondary N) is 1. The maximum absolute atomic E-state index is 4.15. The number of rotatable bonds is 5. The lowest BCUT2D eigenvalue weighted by atomic mass is 10.3. The van der Waals surface area contributed by atoms with E-state index < -0.39 is 0 Å². The largest absolute Gasteiger partial charge is 0.311 e. The molecule has 0 saturated carbocycles. The summed E-state index contributed by atoms with van der Waals surface area (Å²) in [6.45, 7) is 3.89. The Kier molecular flexibility index (Phi) is 4.91. The van der Waals surface area contributed by atoms with E-state index >= 15 is 0 Å². The van der Waals surface area contributed by atoms with E-state index in [0.717, 1.165) is 39.8 Å². The summed E-state index contributed by atoms with van der Waals surface area (Å²) in [5, 5.41) is 11.5. The molecule has 6 heteroatoms. The van der Waals surface area contributed by atoms with E-state index in [9.17, 15) is 0 Å². The topological polar surface area (TPSA) is 42.7 Å². The Morgan fingerprint density at radius 3 is 2.67 bits per heavy atom. The molecular weight excluding hydrogens is 360 g/mol. The van der Waals surface area contributed by atoms with Crippen LogP contribution in [0.1, 0.15) is 19.0 Å². The highest BCUT2D eigenvalue weighted by Gasteiger charge is 2.12. The van der Waals surface area contributed by atoms with Gasteiger partial charge in [-0.2, -0.15) is 0 Å². The van der Waals surface area contributed by atoms with Crippen molar-refractivity contribution >= 4 is 31.9 Å². The molecule has 0 amide bonds. The van der Waals surface area contributed by atoms with Crippen LogP contribution in [0, 0.1) is 0 Å². The van der Waals surface area contributed by atoms with Crippen LogP contribution in [0.25, 0.3) is 5.69 Å². The van der Waals surface area contributed by atoms with E-state index in [1.54, 1.807) is 6.20 Å². The zero-order valence-corrected chi connectivity index (χ0v) is 13.2. The van der Waals surface area contributed by atoms with E-state index in [1.807, 2.05) is 22.9 Å². The third-order valence-corrected chi connectivity index (χ3v) is 3.78. The molecule has 1 aromatic carbocycles. The minimum Gasteiger partial charge on any atom is -0.311 e. The van der Waals surface area contributed by atoms with Crippen molar-refractivity contribution < 1.29 is 0 Å². The van der Waals surface area contributed by atoms with Gasteiger partial charge in [0.15, 0.2) is 0 Å². The van der Waals surface area contributed by atoms with Gasteiger partial charge in [0.1, 0.15) is 0 Å². The third kappa shape index (κ3) is 2.99. The second kappa shape index (κ2) is 6.45. The van der Waals surface area contributed by atoms with E-state index in [2.05, 4.69) is 54.4 Å². The molecule has 0 aliphatic rings. The summed E-state index contributed by atoms with van der Waals surface area (Å²) in [4.78, 5) is 0. The molecule has 1 aromatic heterocycles. The molecule has 18 heavy (non-hydrogen) atoms. The van der Waals surface area contributed by atoms with Crippen molar-refractivity contribution in [2.24, 2.45) is 0 Å². The van der Waals surface area contributed by atoms with E-state index in [0.29, 0.717) is 0 Å². The molecule has 0 aliphatic heterocycles. The van der Waals surface area contributed by atoms with Gasteiger partial charge in [-0.25, -0.2) is 4.68 Å². The van der Waals surface area contributed by atoms with Gasteiger partial charge < -0.3 is 5.32 Å². The molecule has 0 aliphatic carbocycles. The first-order chi connectivity index (χ1) is 8.74. The molecular formula is C12H14Br2N4. The second-order valence-corrected chi connectivity index (χ2v) is 5.59. The first-order valence-corrected chi connectivity index (χ1v) is 7.37. The lowest BCUT2D eigenvalue weighted by molar-refractivity contribution is 0.640. The zero-order valence-electron chi connectivity index (χ0n) is 10.0. The Bertz CT molecular complexity index is 504. The Labute approximate surface area is 123 Å². The van der Waals surface area contributed by atoms with Crippen molar-refractivity contribution in [1.29, 1.82) is 0 Å². The SMILES string of the molecule is CCCNCc1cnnn1-c1c(Br)cccc1Br. The summed E-state index contributed by atoms with van der Waals surface area (Å²) < 4.78 is 3.81. The van der Waals surface area contributed by atoms with Crippen LogP contribution in [0.15, 0.2) is 33.3 Å². The van der Waals surface area contributed by atoms with Crippen LogP contribution in [0.4, 0.5) is 0 Å². The fraction of sp³-hybridized carbons (Fsp3) is 0.333. The van der Waals surface area contributed by atoms with Gasteiger partial charge in [-0.3, -0.25) is 0 Å². The monoisotopic (exact) mass is 372 g/mol. The van der Waals surface area contributed by atoms with Gasteiger partial charge in [-0.1, -0.05) is 18.2 Å². The van der Waals surface area contributed by atoms with Crippen LogP contribution >= 0.6 is 31.9 Å². The van der Waals surface area contributed by atoms with Crippen LogP contribution in [0.2, 0.25) is 0 Å². The molecule has 0 unspecified atom stereocenters. The number of halogens is 2. The molecule has 0 bridgehead atoms. The minimum absolute atomic E-state index is 0.759. The summed E-state index contributed by atoms with van der Waals surface area (Å²) in [6.07, 6.45) is 2.90. The average molecular weight is 374 g/mol. The summed E-state index contributed by atoms with van der Waals surface area (Å²) in [5.74, 6) is 0.